The summed E-state index contributed by atoms with van der Waals surface area (Å²) in [5, 5.41) is 21.0. The van der Waals surface area contributed by atoms with Crippen LogP contribution >= 0.6 is 11.8 Å². The highest BCUT2D eigenvalue weighted by Crippen LogP contribution is 2.29. The van der Waals surface area contributed by atoms with E-state index in [2.05, 4.69) is 21.6 Å². The topological polar surface area (TPSA) is 111 Å². The van der Waals surface area contributed by atoms with Crippen LogP contribution < -0.4 is 19.5 Å². The van der Waals surface area contributed by atoms with Gasteiger partial charge in [0, 0.05) is 11.8 Å². The SMILES string of the molecule is COc1ccc(OC)c(NC(=O)CSc2nnc(COc3ccc(C#N)cc3)n2-c2ccccc2)c1. The largest absolute Gasteiger partial charge is 0.497 e. The second-order valence-electron chi connectivity index (χ2n) is 7.40. The van der Waals surface area contributed by atoms with Crippen molar-refractivity contribution in [2.24, 2.45) is 0 Å². The highest BCUT2D eigenvalue weighted by atomic mass is 32.2. The number of hydrogen-bond donors (Lipinski definition) is 1. The van der Waals surface area contributed by atoms with Gasteiger partial charge in [0.15, 0.2) is 11.0 Å². The maximum Gasteiger partial charge on any atom is 0.234 e. The number of hydrogen-bond acceptors (Lipinski definition) is 8. The van der Waals surface area contributed by atoms with Crippen molar-refractivity contribution in [2.75, 3.05) is 25.3 Å². The number of nitriles is 1. The number of nitrogens with zero attached hydrogens (tertiary/aromatic N) is 4. The van der Waals surface area contributed by atoms with Crippen molar-refractivity contribution in [3.63, 3.8) is 0 Å². The molecule has 4 aromatic rings. The number of thioether (sulfide) groups is 1. The molecular formula is C26H23N5O4S. The summed E-state index contributed by atoms with van der Waals surface area (Å²) in [6, 6.07) is 23.7. The molecular weight excluding hydrogens is 478 g/mol. The quantitative estimate of drug-likeness (QED) is 0.317. The zero-order valence-electron chi connectivity index (χ0n) is 19.7. The fraction of sp³-hybridized carbons (Fsp3) is 0.154. The first kappa shape index (κ1) is 24.6. The van der Waals surface area contributed by atoms with Crippen LogP contribution in [0.5, 0.6) is 17.2 Å². The number of ether oxygens (including phenoxy) is 3. The van der Waals surface area contributed by atoms with Gasteiger partial charge in [-0.2, -0.15) is 5.26 Å². The molecule has 1 amide bonds. The summed E-state index contributed by atoms with van der Waals surface area (Å²) < 4.78 is 18.3. The Hall–Kier alpha value is -4.49. The molecule has 1 aromatic heterocycles. The lowest BCUT2D eigenvalue weighted by atomic mass is 10.2. The molecule has 1 heterocycles. The number of carbonyl (C=O) groups is 1. The zero-order chi connectivity index (χ0) is 25.3. The third-order valence-corrected chi connectivity index (χ3v) is 6.01. The molecule has 0 bridgehead atoms. The first-order valence-electron chi connectivity index (χ1n) is 10.9. The number of carbonyl (C=O) groups excluding carboxylic acids is 1. The second-order valence-corrected chi connectivity index (χ2v) is 8.34. The third-order valence-electron chi connectivity index (χ3n) is 5.08. The molecule has 0 aliphatic carbocycles. The van der Waals surface area contributed by atoms with E-state index in [-0.39, 0.29) is 18.3 Å². The Morgan fingerprint density at radius 1 is 1.00 bits per heavy atom. The lowest BCUT2D eigenvalue weighted by Crippen LogP contribution is -2.15. The van der Waals surface area contributed by atoms with Gasteiger partial charge in [-0.3, -0.25) is 9.36 Å². The van der Waals surface area contributed by atoms with Crippen LogP contribution in [0.3, 0.4) is 0 Å². The van der Waals surface area contributed by atoms with Crippen molar-refractivity contribution in [1.82, 2.24) is 14.8 Å². The number of anilines is 1. The summed E-state index contributed by atoms with van der Waals surface area (Å²) in [4.78, 5) is 12.7. The molecule has 182 valence electrons. The van der Waals surface area contributed by atoms with Crippen LogP contribution in [-0.4, -0.2) is 40.6 Å². The monoisotopic (exact) mass is 501 g/mol. The van der Waals surface area contributed by atoms with Gasteiger partial charge in [0.05, 0.1) is 37.3 Å². The Labute approximate surface area is 212 Å². The standard InChI is InChI=1S/C26H23N5O4S/c1-33-21-12-13-23(34-2)22(14-21)28-25(32)17-36-26-30-29-24(31(26)19-6-4-3-5-7-19)16-35-20-10-8-18(15-27)9-11-20/h3-14H,16-17H2,1-2H3,(H,28,32). The molecule has 0 aliphatic rings. The molecule has 0 saturated heterocycles. The van der Waals surface area contributed by atoms with Gasteiger partial charge in [-0.1, -0.05) is 30.0 Å². The van der Waals surface area contributed by atoms with E-state index in [4.69, 9.17) is 19.5 Å². The summed E-state index contributed by atoms with van der Waals surface area (Å²) in [6.45, 7) is 0.154. The molecule has 0 saturated carbocycles. The molecule has 1 N–H and O–H groups in total. The molecule has 9 nitrogen and oxygen atoms in total. The van der Waals surface area contributed by atoms with Crippen LogP contribution in [0.4, 0.5) is 5.69 Å². The van der Waals surface area contributed by atoms with Gasteiger partial charge in [0.2, 0.25) is 5.91 Å². The van der Waals surface area contributed by atoms with Crippen molar-refractivity contribution >= 4 is 23.4 Å². The van der Waals surface area contributed by atoms with E-state index < -0.39 is 0 Å². The average molecular weight is 502 g/mol. The van der Waals surface area contributed by atoms with Crippen molar-refractivity contribution in [2.45, 2.75) is 11.8 Å². The summed E-state index contributed by atoms with van der Waals surface area (Å²) in [7, 11) is 3.10. The molecule has 3 aromatic carbocycles. The number of para-hydroxylation sites is 1. The van der Waals surface area contributed by atoms with E-state index in [0.717, 1.165) is 5.69 Å². The Morgan fingerprint density at radius 3 is 2.44 bits per heavy atom. The number of nitrogens with one attached hydrogen (secondary N) is 1. The lowest BCUT2D eigenvalue weighted by Gasteiger charge is -2.12. The number of aromatic nitrogens is 3. The zero-order valence-corrected chi connectivity index (χ0v) is 20.5. The van der Waals surface area contributed by atoms with E-state index in [0.29, 0.717) is 39.5 Å². The first-order chi connectivity index (χ1) is 17.6. The van der Waals surface area contributed by atoms with E-state index in [1.54, 1.807) is 49.6 Å². The van der Waals surface area contributed by atoms with Crippen LogP contribution in [0, 0.1) is 11.3 Å². The molecule has 36 heavy (non-hydrogen) atoms. The number of benzene rings is 3. The summed E-state index contributed by atoms with van der Waals surface area (Å²) in [5.74, 6) is 2.19. The van der Waals surface area contributed by atoms with E-state index in [9.17, 15) is 4.79 Å². The van der Waals surface area contributed by atoms with Gasteiger partial charge in [-0.05, 0) is 48.5 Å². The Morgan fingerprint density at radius 2 is 1.75 bits per heavy atom. The summed E-state index contributed by atoms with van der Waals surface area (Å²) >= 11 is 1.25. The van der Waals surface area contributed by atoms with Crippen LogP contribution in [0.25, 0.3) is 5.69 Å². The van der Waals surface area contributed by atoms with Crippen LogP contribution in [0.15, 0.2) is 78.0 Å². The van der Waals surface area contributed by atoms with Crippen LogP contribution in [0.2, 0.25) is 0 Å². The molecule has 0 spiro atoms. The van der Waals surface area contributed by atoms with Crippen molar-refractivity contribution < 1.29 is 19.0 Å². The van der Waals surface area contributed by atoms with E-state index in [1.807, 2.05) is 34.9 Å². The third kappa shape index (κ3) is 5.95. The predicted molar refractivity (Wildman–Crippen MR) is 136 cm³/mol. The second kappa shape index (κ2) is 11.8. The highest BCUT2D eigenvalue weighted by molar-refractivity contribution is 7.99. The van der Waals surface area contributed by atoms with Gasteiger partial charge >= 0.3 is 0 Å². The molecule has 4 rings (SSSR count). The van der Waals surface area contributed by atoms with Gasteiger partial charge in [0.25, 0.3) is 0 Å². The van der Waals surface area contributed by atoms with Crippen LogP contribution in [-0.2, 0) is 11.4 Å². The van der Waals surface area contributed by atoms with Gasteiger partial charge < -0.3 is 19.5 Å². The molecule has 0 aliphatic heterocycles. The predicted octanol–water partition coefficient (Wildman–Crippen LogP) is 4.47. The fourth-order valence-electron chi connectivity index (χ4n) is 3.33. The normalized spacial score (nSPS) is 10.4. The van der Waals surface area contributed by atoms with E-state index in [1.165, 1.54) is 18.9 Å². The Bertz CT molecular complexity index is 1370. The fourth-order valence-corrected chi connectivity index (χ4v) is 4.10. The van der Waals surface area contributed by atoms with E-state index >= 15 is 0 Å². The average Bonchev–Trinajstić information content (AvgIpc) is 3.34. The molecule has 0 radical (unpaired) electrons. The summed E-state index contributed by atoms with van der Waals surface area (Å²) in [6.07, 6.45) is 0. The van der Waals surface area contributed by atoms with Crippen molar-refractivity contribution in [3.8, 4) is 29.0 Å². The molecule has 10 heteroatoms. The lowest BCUT2D eigenvalue weighted by molar-refractivity contribution is -0.113. The number of amides is 1. The van der Waals surface area contributed by atoms with Crippen molar-refractivity contribution in [1.29, 1.82) is 5.26 Å². The molecule has 0 unspecified atom stereocenters. The minimum Gasteiger partial charge on any atom is -0.497 e. The van der Waals surface area contributed by atoms with Crippen LogP contribution in [0.1, 0.15) is 11.4 Å². The number of methoxy groups -OCH3 is 2. The number of rotatable bonds is 10. The Kier molecular flexibility index (Phi) is 8.05. The smallest absolute Gasteiger partial charge is 0.234 e. The molecule has 0 atom stereocenters. The minimum atomic E-state index is -0.232. The first-order valence-corrected chi connectivity index (χ1v) is 11.9. The van der Waals surface area contributed by atoms with Gasteiger partial charge in [-0.15, -0.1) is 10.2 Å². The van der Waals surface area contributed by atoms with Gasteiger partial charge in [-0.25, -0.2) is 0 Å². The maximum absolute atomic E-state index is 12.7. The molecule has 0 fully saturated rings. The minimum absolute atomic E-state index is 0.0990. The Balaban J connectivity index is 1.49. The summed E-state index contributed by atoms with van der Waals surface area (Å²) in [5.41, 5.74) is 1.92. The van der Waals surface area contributed by atoms with Crippen molar-refractivity contribution in [3.05, 3.63) is 84.2 Å². The maximum atomic E-state index is 12.7. The van der Waals surface area contributed by atoms with Gasteiger partial charge in [0.1, 0.15) is 23.9 Å². The highest BCUT2D eigenvalue weighted by Gasteiger charge is 2.17.